The molecule has 4 rings (SSSR count). The Labute approximate surface area is 205 Å². The van der Waals surface area contributed by atoms with E-state index in [9.17, 15) is 9.59 Å². The molecule has 1 fully saturated rings. The summed E-state index contributed by atoms with van der Waals surface area (Å²) in [5.74, 6) is 0.448. The molecule has 0 radical (unpaired) electrons. The van der Waals surface area contributed by atoms with Crippen LogP contribution in [0, 0.1) is 0 Å². The zero-order valence-corrected chi connectivity index (χ0v) is 20.3. The Hall–Kier alpha value is -3.01. The fraction of sp³-hybridized carbons (Fsp3) is 0.167. The van der Waals surface area contributed by atoms with E-state index < -0.39 is 0 Å². The smallest absolute Gasteiger partial charge is 0.266 e. The van der Waals surface area contributed by atoms with Crippen molar-refractivity contribution in [3.8, 4) is 17.0 Å². The lowest BCUT2D eigenvalue weighted by Crippen LogP contribution is -2.29. The Morgan fingerprint density at radius 3 is 2.82 bits per heavy atom. The summed E-state index contributed by atoms with van der Waals surface area (Å²) in [7, 11) is 1.60. The lowest BCUT2D eigenvalue weighted by molar-refractivity contribution is -0.122. The Balaban J connectivity index is 1.29. The number of ether oxygens (including phenoxy) is 1. The van der Waals surface area contributed by atoms with Gasteiger partial charge in [0.2, 0.25) is 5.91 Å². The molecule has 1 aromatic heterocycles. The number of benzene rings is 2. The molecule has 1 saturated heterocycles. The summed E-state index contributed by atoms with van der Waals surface area (Å²) < 4.78 is 5.73. The van der Waals surface area contributed by atoms with E-state index in [1.807, 2.05) is 60.0 Å². The molecule has 2 amide bonds. The third-order valence-corrected chi connectivity index (χ3v) is 7.01. The van der Waals surface area contributed by atoms with Crippen molar-refractivity contribution < 1.29 is 14.3 Å². The Kier molecular flexibility index (Phi) is 7.54. The van der Waals surface area contributed by atoms with Crippen molar-refractivity contribution >= 4 is 62.7 Å². The van der Waals surface area contributed by atoms with Crippen molar-refractivity contribution in [3.63, 3.8) is 0 Å². The molecule has 9 heteroatoms. The second-order valence-corrected chi connectivity index (χ2v) is 9.70. The molecule has 0 atom stereocenters. The lowest BCUT2D eigenvalue weighted by Gasteiger charge is -2.13. The first kappa shape index (κ1) is 23.2. The molecule has 1 aliphatic heterocycles. The van der Waals surface area contributed by atoms with Gasteiger partial charge in [0, 0.05) is 23.9 Å². The molecule has 2 aromatic carbocycles. The van der Waals surface area contributed by atoms with Crippen LogP contribution >= 0.6 is 35.3 Å². The Morgan fingerprint density at radius 1 is 1.21 bits per heavy atom. The number of methoxy groups -OCH3 is 1. The van der Waals surface area contributed by atoms with E-state index in [0.717, 1.165) is 22.6 Å². The second kappa shape index (κ2) is 10.7. The van der Waals surface area contributed by atoms with Gasteiger partial charge in [0.25, 0.3) is 5.91 Å². The predicted octanol–water partition coefficient (Wildman–Crippen LogP) is 5.44. The van der Waals surface area contributed by atoms with Crippen LogP contribution in [0.25, 0.3) is 17.3 Å². The van der Waals surface area contributed by atoms with Gasteiger partial charge in [-0.1, -0.05) is 66.4 Å². The van der Waals surface area contributed by atoms with Gasteiger partial charge in [0.1, 0.15) is 10.1 Å². The van der Waals surface area contributed by atoms with Gasteiger partial charge in [0.15, 0.2) is 5.13 Å². The first-order valence-corrected chi connectivity index (χ1v) is 12.3. The van der Waals surface area contributed by atoms with Crippen molar-refractivity contribution in [1.29, 1.82) is 0 Å². The van der Waals surface area contributed by atoms with Gasteiger partial charge in [-0.25, -0.2) is 4.98 Å². The average Bonchev–Trinajstić information content (AvgIpc) is 3.39. The molecular formula is C24H21N3O3S3. The number of rotatable bonds is 8. The first-order chi connectivity index (χ1) is 16.0. The zero-order chi connectivity index (χ0) is 23.2. The van der Waals surface area contributed by atoms with Crippen LogP contribution in [0.1, 0.15) is 18.4 Å². The quantitative estimate of drug-likeness (QED) is 0.332. The van der Waals surface area contributed by atoms with E-state index in [1.165, 1.54) is 23.1 Å². The maximum Gasteiger partial charge on any atom is 0.266 e. The van der Waals surface area contributed by atoms with Gasteiger partial charge < -0.3 is 10.1 Å². The highest BCUT2D eigenvalue weighted by Gasteiger charge is 2.31. The summed E-state index contributed by atoms with van der Waals surface area (Å²) in [6.07, 6.45) is 2.58. The molecule has 0 unspecified atom stereocenters. The van der Waals surface area contributed by atoms with E-state index in [1.54, 1.807) is 18.1 Å². The number of thioether (sulfide) groups is 1. The highest BCUT2D eigenvalue weighted by atomic mass is 32.2. The second-order valence-electron chi connectivity index (χ2n) is 7.17. The molecule has 0 spiro atoms. The number of thiocarbonyl (C=S) groups is 1. The third kappa shape index (κ3) is 5.87. The lowest BCUT2D eigenvalue weighted by atomic mass is 10.2. The molecule has 0 saturated carbocycles. The number of amides is 2. The number of carbonyl (C=O) groups excluding carboxylic acids is 2. The summed E-state index contributed by atoms with van der Waals surface area (Å²) in [6, 6.07) is 17.3. The number of nitrogens with zero attached hydrogens (tertiary/aromatic N) is 2. The summed E-state index contributed by atoms with van der Waals surface area (Å²) >= 11 is 8.05. The fourth-order valence-electron chi connectivity index (χ4n) is 3.23. The number of anilines is 1. The largest absolute Gasteiger partial charge is 0.497 e. The molecule has 6 nitrogen and oxygen atoms in total. The van der Waals surface area contributed by atoms with Crippen LogP contribution in [0.5, 0.6) is 5.75 Å². The van der Waals surface area contributed by atoms with E-state index in [4.69, 9.17) is 17.0 Å². The third-order valence-electron chi connectivity index (χ3n) is 4.87. The summed E-state index contributed by atoms with van der Waals surface area (Å²) in [5, 5.41) is 5.31. The Morgan fingerprint density at radius 2 is 2.03 bits per heavy atom. The van der Waals surface area contributed by atoms with E-state index in [2.05, 4.69) is 10.3 Å². The minimum absolute atomic E-state index is 0.138. The average molecular weight is 496 g/mol. The van der Waals surface area contributed by atoms with Gasteiger partial charge in [-0.3, -0.25) is 14.5 Å². The first-order valence-electron chi connectivity index (χ1n) is 10.2. The molecule has 33 heavy (non-hydrogen) atoms. The molecule has 1 N–H and O–H groups in total. The Bertz CT molecular complexity index is 1210. The van der Waals surface area contributed by atoms with Crippen molar-refractivity contribution in [1.82, 2.24) is 9.88 Å². The van der Waals surface area contributed by atoms with Crippen LogP contribution in [0.15, 0.2) is 64.9 Å². The molecule has 168 valence electrons. The van der Waals surface area contributed by atoms with Crippen molar-refractivity contribution in [2.24, 2.45) is 0 Å². The molecule has 1 aliphatic rings. The van der Waals surface area contributed by atoms with Crippen molar-refractivity contribution in [2.75, 3.05) is 19.0 Å². The summed E-state index contributed by atoms with van der Waals surface area (Å²) in [5.41, 5.74) is 2.70. The van der Waals surface area contributed by atoms with Crippen LogP contribution < -0.4 is 10.1 Å². The number of hydrogen-bond acceptors (Lipinski definition) is 7. The zero-order valence-electron chi connectivity index (χ0n) is 17.8. The molecule has 3 aromatic rings. The van der Waals surface area contributed by atoms with Crippen LogP contribution in [-0.2, 0) is 9.59 Å². The normalized spacial score (nSPS) is 14.7. The number of nitrogens with one attached hydrogen (secondary N) is 1. The van der Waals surface area contributed by atoms with Gasteiger partial charge in [-0.15, -0.1) is 11.3 Å². The number of thiazole rings is 1. The number of carbonyl (C=O) groups is 2. The monoisotopic (exact) mass is 495 g/mol. The van der Waals surface area contributed by atoms with E-state index >= 15 is 0 Å². The van der Waals surface area contributed by atoms with Crippen molar-refractivity contribution in [3.05, 3.63) is 70.4 Å². The topological polar surface area (TPSA) is 71.5 Å². The van der Waals surface area contributed by atoms with Crippen LogP contribution in [0.4, 0.5) is 5.13 Å². The van der Waals surface area contributed by atoms with Crippen LogP contribution in [-0.4, -0.2) is 39.7 Å². The molecule has 2 heterocycles. The van der Waals surface area contributed by atoms with Crippen LogP contribution in [0.2, 0.25) is 0 Å². The fourth-order valence-corrected chi connectivity index (χ4v) is 5.27. The van der Waals surface area contributed by atoms with Gasteiger partial charge in [-0.2, -0.15) is 0 Å². The van der Waals surface area contributed by atoms with Crippen LogP contribution in [0.3, 0.4) is 0 Å². The molecule has 0 aliphatic carbocycles. The summed E-state index contributed by atoms with van der Waals surface area (Å²) in [6.45, 7) is 0.390. The van der Waals surface area contributed by atoms with E-state index in [-0.39, 0.29) is 18.2 Å². The minimum atomic E-state index is -0.138. The van der Waals surface area contributed by atoms with Gasteiger partial charge in [0.05, 0.1) is 17.7 Å². The SMILES string of the molecule is COc1cccc(/C=C2\SC(=S)N(CCCC(=O)Nc3nc(-c4ccccc4)cs3)C2=O)c1. The van der Waals surface area contributed by atoms with Gasteiger partial charge in [-0.05, 0) is 30.2 Å². The molecule has 0 bridgehead atoms. The summed E-state index contributed by atoms with van der Waals surface area (Å²) in [4.78, 5) is 31.7. The van der Waals surface area contributed by atoms with Gasteiger partial charge >= 0.3 is 0 Å². The standard InChI is InChI=1S/C24H21N3O3S3/c1-30-18-10-5-7-16(13-18)14-20-22(29)27(24(31)33-20)12-6-11-21(28)26-23-25-19(15-32-23)17-8-3-2-4-9-17/h2-5,7-10,13-15H,6,11-12H2,1H3,(H,25,26,28)/b20-14-. The predicted molar refractivity (Wildman–Crippen MR) is 138 cm³/mol. The number of hydrogen-bond donors (Lipinski definition) is 1. The highest BCUT2D eigenvalue weighted by Crippen LogP contribution is 2.33. The van der Waals surface area contributed by atoms with E-state index in [0.29, 0.717) is 27.3 Å². The number of aromatic nitrogens is 1. The minimum Gasteiger partial charge on any atom is -0.497 e. The maximum atomic E-state index is 12.8. The molecular weight excluding hydrogens is 474 g/mol. The maximum absolute atomic E-state index is 12.8. The van der Waals surface area contributed by atoms with Crippen molar-refractivity contribution in [2.45, 2.75) is 12.8 Å². The highest BCUT2D eigenvalue weighted by molar-refractivity contribution is 8.26.